The Kier molecular flexibility index (Phi) is 4.38. The number of rotatable bonds is 2. The molecule has 0 spiro atoms. The number of aromatic nitrogens is 2. The molecule has 3 nitrogen and oxygen atoms in total. The van der Waals surface area contributed by atoms with E-state index in [9.17, 15) is 18.0 Å². The molecule has 0 aliphatic carbocycles. The molecule has 0 amide bonds. The lowest BCUT2D eigenvalue weighted by molar-refractivity contribution is -0.137. The van der Waals surface area contributed by atoms with Crippen molar-refractivity contribution in [2.45, 2.75) is 12.7 Å². The van der Waals surface area contributed by atoms with Crippen LogP contribution in [0.15, 0.2) is 35.4 Å². The molecule has 0 bridgehead atoms. The first kappa shape index (κ1) is 15.3. The van der Waals surface area contributed by atoms with Crippen LogP contribution in [0.4, 0.5) is 13.2 Å². The zero-order valence-corrected chi connectivity index (χ0v) is 12.7. The monoisotopic (exact) mass is 414 g/mol. The quantitative estimate of drug-likeness (QED) is 0.556. The maximum absolute atomic E-state index is 12.4. The topological polar surface area (TPSA) is 34.9 Å². The van der Waals surface area contributed by atoms with E-state index < -0.39 is 11.7 Å². The predicted molar refractivity (Wildman–Crippen MR) is 76.8 cm³/mol. The molecule has 2 aromatic rings. The maximum Gasteiger partial charge on any atom is 0.416 e. The van der Waals surface area contributed by atoms with Crippen molar-refractivity contribution in [2.24, 2.45) is 0 Å². The van der Waals surface area contributed by atoms with E-state index in [4.69, 9.17) is 11.6 Å². The van der Waals surface area contributed by atoms with Crippen LogP contribution in [-0.4, -0.2) is 9.55 Å². The van der Waals surface area contributed by atoms with E-state index in [1.807, 2.05) is 0 Å². The maximum atomic E-state index is 12.4. The molecule has 0 radical (unpaired) electrons. The summed E-state index contributed by atoms with van der Waals surface area (Å²) in [6.07, 6.45) is -3.10. The zero-order chi connectivity index (χ0) is 14.9. The Hall–Kier alpha value is -1.09. The Bertz CT molecular complexity index is 683. The highest BCUT2D eigenvalue weighted by atomic mass is 127. The minimum Gasteiger partial charge on any atom is -0.294 e. The van der Waals surface area contributed by atoms with Gasteiger partial charge in [-0.2, -0.15) is 13.2 Å². The fourth-order valence-corrected chi connectivity index (χ4v) is 2.13. The van der Waals surface area contributed by atoms with Crippen molar-refractivity contribution in [3.05, 3.63) is 60.8 Å². The van der Waals surface area contributed by atoms with Crippen molar-refractivity contribution in [3.8, 4) is 0 Å². The fourth-order valence-electron chi connectivity index (χ4n) is 1.55. The van der Waals surface area contributed by atoms with E-state index in [1.165, 1.54) is 23.0 Å². The first-order valence-corrected chi connectivity index (χ1v) is 6.81. The van der Waals surface area contributed by atoms with Gasteiger partial charge in [0, 0.05) is 0 Å². The van der Waals surface area contributed by atoms with E-state index in [1.54, 1.807) is 22.6 Å². The first-order chi connectivity index (χ1) is 9.29. The summed E-state index contributed by atoms with van der Waals surface area (Å²) in [5.41, 5.74) is -0.483. The van der Waals surface area contributed by atoms with Crippen LogP contribution in [-0.2, 0) is 12.7 Å². The summed E-state index contributed by atoms with van der Waals surface area (Å²) < 4.78 is 38.8. The van der Waals surface area contributed by atoms with Gasteiger partial charge >= 0.3 is 6.18 Å². The second-order valence-electron chi connectivity index (χ2n) is 3.98. The van der Waals surface area contributed by atoms with Gasteiger partial charge in [-0.1, -0.05) is 23.7 Å². The smallest absolute Gasteiger partial charge is 0.294 e. The van der Waals surface area contributed by atoms with E-state index in [2.05, 4.69) is 4.98 Å². The lowest BCUT2D eigenvalue weighted by Gasteiger charge is -2.09. The Morgan fingerprint density at radius 3 is 2.40 bits per heavy atom. The van der Waals surface area contributed by atoms with Crippen LogP contribution in [0.2, 0.25) is 5.15 Å². The molecule has 1 aromatic heterocycles. The van der Waals surface area contributed by atoms with Crippen molar-refractivity contribution in [3.63, 3.8) is 0 Å². The van der Waals surface area contributed by atoms with Crippen LogP contribution in [0.25, 0.3) is 0 Å². The van der Waals surface area contributed by atoms with Gasteiger partial charge < -0.3 is 0 Å². The van der Waals surface area contributed by atoms with E-state index in [0.29, 0.717) is 5.56 Å². The lowest BCUT2D eigenvalue weighted by atomic mass is 10.1. The van der Waals surface area contributed by atoms with Gasteiger partial charge in [-0.25, -0.2) is 4.98 Å². The van der Waals surface area contributed by atoms with Gasteiger partial charge in [-0.3, -0.25) is 9.36 Å². The Morgan fingerprint density at radius 2 is 1.85 bits per heavy atom. The highest BCUT2D eigenvalue weighted by Crippen LogP contribution is 2.29. The average molecular weight is 415 g/mol. The van der Waals surface area contributed by atoms with Gasteiger partial charge in [0.25, 0.3) is 5.56 Å². The molecule has 0 fully saturated rings. The zero-order valence-electron chi connectivity index (χ0n) is 9.79. The van der Waals surface area contributed by atoms with Crippen molar-refractivity contribution in [2.75, 3.05) is 0 Å². The summed E-state index contributed by atoms with van der Waals surface area (Å²) >= 11 is 7.48. The molecular formula is C12H7ClF3IN2O. The van der Waals surface area contributed by atoms with Gasteiger partial charge in [0.05, 0.1) is 18.4 Å². The van der Waals surface area contributed by atoms with Crippen LogP contribution < -0.4 is 5.56 Å². The Balaban J connectivity index is 2.28. The summed E-state index contributed by atoms with van der Waals surface area (Å²) in [6.45, 7) is 0.136. The summed E-state index contributed by atoms with van der Waals surface area (Å²) in [5.74, 6) is 0. The van der Waals surface area contributed by atoms with E-state index >= 15 is 0 Å². The van der Waals surface area contributed by atoms with Crippen LogP contribution in [0.1, 0.15) is 11.1 Å². The molecule has 106 valence electrons. The number of benzene rings is 1. The number of alkyl halides is 3. The number of nitrogens with zero attached hydrogens (tertiary/aromatic N) is 2. The van der Waals surface area contributed by atoms with Gasteiger partial charge in [-0.15, -0.1) is 0 Å². The van der Waals surface area contributed by atoms with Crippen LogP contribution in [0.5, 0.6) is 0 Å². The molecule has 8 heteroatoms. The second kappa shape index (κ2) is 5.72. The third-order valence-corrected chi connectivity index (χ3v) is 4.15. The molecule has 1 aromatic carbocycles. The minimum atomic E-state index is -4.37. The number of hydrogen-bond acceptors (Lipinski definition) is 2. The number of halogens is 5. The number of hydrogen-bond donors (Lipinski definition) is 0. The lowest BCUT2D eigenvalue weighted by Crippen LogP contribution is -2.23. The second-order valence-corrected chi connectivity index (χ2v) is 5.41. The van der Waals surface area contributed by atoms with E-state index in [0.717, 1.165) is 12.1 Å². The molecule has 1 heterocycles. The van der Waals surface area contributed by atoms with Gasteiger partial charge in [0.1, 0.15) is 8.72 Å². The highest BCUT2D eigenvalue weighted by molar-refractivity contribution is 14.1. The molecule has 0 unspecified atom stereocenters. The minimum absolute atomic E-state index is 0.110. The van der Waals surface area contributed by atoms with Gasteiger partial charge in [0.15, 0.2) is 0 Å². The van der Waals surface area contributed by atoms with Crippen LogP contribution in [0, 0.1) is 3.57 Å². The summed E-state index contributed by atoms with van der Waals surface area (Å²) in [5, 5.41) is 0.110. The normalized spacial score (nSPS) is 11.7. The molecule has 0 saturated carbocycles. The Labute approximate surface area is 130 Å². The molecule has 0 saturated heterocycles. The molecule has 0 N–H and O–H groups in total. The molecule has 0 atom stereocenters. The largest absolute Gasteiger partial charge is 0.416 e. The van der Waals surface area contributed by atoms with Gasteiger partial charge in [0.2, 0.25) is 0 Å². The van der Waals surface area contributed by atoms with Crippen molar-refractivity contribution < 1.29 is 13.2 Å². The highest BCUT2D eigenvalue weighted by Gasteiger charge is 2.29. The molecular weight excluding hydrogens is 407 g/mol. The Morgan fingerprint density at radius 1 is 1.25 bits per heavy atom. The fraction of sp³-hybridized carbons (Fsp3) is 0.167. The SMILES string of the molecule is O=c1c(I)c(Cl)ncn1Cc1ccc(C(F)(F)F)cc1. The van der Waals surface area contributed by atoms with E-state index in [-0.39, 0.29) is 20.8 Å². The summed E-state index contributed by atoms with van der Waals surface area (Å²) in [6, 6.07) is 4.62. The molecule has 2 rings (SSSR count). The average Bonchev–Trinajstić information content (AvgIpc) is 2.39. The third-order valence-electron chi connectivity index (χ3n) is 2.57. The summed E-state index contributed by atoms with van der Waals surface area (Å²) in [4.78, 5) is 15.7. The third kappa shape index (κ3) is 3.32. The van der Waals surface area contributed by atoms with Crippen molar-refractivity contribution >= 4 is 34.2 Å². The van der Waals surface area contributed by atoms with Crippen molar-refractivity contribution in [1.82, 2.24) is 9.55 Å². The van der Waals surface area contributed by atoms with Crippen molar-refractivity contribution in [1.29, 1.82) is 0 Å². The van der Waals surface area contributed by atoms with Crippen LogP contribution >= 0.6 is 34.2 Å². The summed E-state index contributed by atoms with van der Waals surface area (Å²) in [7, 11) is 0. The van der Waals surface area contributed by atoms with Gasteiger partial charge in [-0.05, 0) is 40.3 Å². The molecule has 20 heavy (non-hydrogen) atoms. The standard InChI is InChI=1S/C12H7ClF3IN2O/c13-10-9(17)11(20)19(6-18-10)5-7-1-3-8(4-2-7)12(14,15)16/h1-4,6H,5H2. The first-order valence-electron chi connectivity index (χ1n) is 5.35. The molecule has 0 aliphatic rings. The van der Waals surface area contributed by atoms with Crippen LogP contribution in [0.3, 0.4) is 0 Å². The predicted octanol–water partition coefficient (Wildman–Crippen LogP) is 3.57. The molecule has 0 aliphatic heterocycles.